The first-order valence-electron chi connectivity index (χ1n) is 7.97. The molecule has 0 unspecified atom stereocenters. The van der Waals surface area contributed by atoms with E-state index in [9.17, 15) is 0 Å². The summed E-state index contributed by atoms with van der Waals surface area (Å²) in [5.41, 5.74) is 9.62. The average Bonchev–Trinajstić information content (AvgIpc) is 2.80. The van der Waals surface area contributed by atoms with Crippen molar-refractivity contribution >= 4 is 0 Å². The van der Waals surface area contributed by atoms with Gasteiger partial charge in [-0.3, -0.25) is 6.08 Å². The molecule has 3 rings (SSSR count). The van der Waals surface area contributed by atoms with Crippen LogP contribution in [-0.4, -0.2) is 0 Å². The molecule has 0 nitrogen and oxygen atoms in total. The van der Waals surface area contributed by atoms with Gasteiger partial charge in [-0.15, -0.1) is 13.3 Å². The van der Waals surface area contributed by atoms with E-state index in [1.54, 1.807) is 0 Å². The predicted molar refractivity (Wildman–Crippen MR) is 93.9 cm³/mol. The molecule has 4 heteroatoms. The van der Waals surface area contributed by atoms with Gasteiger partial charge >= 0.3 is 21.7 Å². The van der Waals surface area contributed by atoms with Crippen molar-refractivity contribution in [3.63, 3.8) is 0 Å². The Morgan fingerprint density at radius 2 is 1.23 bits per heavy atom. The molecule has 0 aliphatic heterocycles. The van der Waals surface area contributed by atoms with Crippen LogP contribution in [-0.2, 0) is 21.7 Å². The van der Waals surface area contributed by atoms with Crippen LogP contribution in [0, 0.1) is 19.9 Å². The Bertz CT molecular complexity index is 733. The molecule has 0 radical (unpaired) electrons. The first kappa shape index (κ1) is 27.7. The normalized spacial score (nSPS) is 12.4. The zero-order valence-corrected chi connectivity index (χ0v) is 19.4. The van der Waals surface area contributed by atoms with Crippen molar-refractivity contribution in [2.75, 3.05) is 0 Å². The largest absolute Gasteiger partial charge is 4.00 e. The van der Waals surface area contributed by atoms with Crippen LogP contribution >= 0.6 is 0 Å². The second kappa shape index (κ2) is 12.1. The first-order valence-corrected chi connectivity index (χ1v) is 7.97. The van der Waals surface area contributed by atoms with E-state index in [4.69, 9.17) is 0 Å². The van der Waals surface area contributed by atoms with E-state index >= 15 is 0 Å². The molecule has 0 fully saturated rings. The summed E-state index contributed by atoms with van der Waals surface area (Å²) in [6, 6.07) is 17.8. The number of benzene rings is 2. The summed E-state index contributed by atoms with van der Waals surface area (Å²) in [6.45, 7) is 8.75. The van der Waals surface area contributed by atoms with Crippen LogP contribution in [0.25, 0.3) is 0 Å². The molecule has 0 amide bonds. The summed E-state index contributed by atoms with van der Waals surface area (Å²) in [5.74, 6) is 0.338. The van der Waals surface area contributed by atoms with E-state index in [0.717, 1.165) is 6.42 Å². The van der Waals surface area contributed by atoms with Crippen molar-refractivity contribution in [2.45, 2.75) is 40.0 Å². The number of hydrogen-bond donors (Lipinski definition) is 0. The number of halogens is 3. The minimum Gasteiger partial charge on any atom is -1.00 e. The molecule has 2 aromatic carbocycles. The van der Waals surface area contributed by atoms with Crippen LogP contribution < -0.4 is 37.2 Å². The molecule has 0 heterocycles. The van der Waals surface area contributed by atoms with Crippen molar-refractivity contribution in [1.82, 2.24) is 0 Å². The van der Waals surface area contributed by atoms with Gasteiger partial charge in [-0.25, -0.2) is 5.57 Å². The molecular weight excluding hydrogens is 418 g/mol. The zero-order valence-electron chi connectivity index (χ0n) is 15.5. The summed E-state index contributed by atoms with van der Waals surface area (Å²) in [6.07, 6.45) is 4.46. The van der Waals surface area contributed by atoms with Gasteiger partial charge in [0.1, 0.15) is 0 Å². The quantitative estimate of drug-likeness (QED) is 0.350. The molecule has 0 aromatic heterocycles. The summed E-state index contributed by atoms with van der Waals surface area (Å²) in [5, 5.41) is 0. The summed E-state index contributed by atoms with van der Waals surface area (Å²) in [4.78, 5) is 0. The van der Waals surface area contributed by atoms with Crippen molar-refractivity contribution in [3.05, 3.63) is 93.6 Å². The van der Waals surface area contributed by atoms with Crippen LogP contribution in [0.1, 0.15) is 48.4 Å². The summed E-state index contributed by atoms with van der Waals surface area (Å²) in [7, 11) is 0. The third-order valence-electron chi connectivity index (χ3n) is 4.69. The van der Waals surface area contributed by atoms with Crippen LogP contribution in [0.2, 0.25) is 0 Å². The predicted octanol–water partition coefficient (Wildman–Crippen LogP) is -3.09. The smallest absolute Gasteiger partial charge is 1.00 e. The van der Waals surface area contributed by atoms with Crippen LogP contribution in [0.3, 0.4) is 0 Å². The van der Waals surface area contributed by atoms with Crippen molar-refractivity contribution in [3.8, 4) is 0 Å². The Morgan fingerprint density at radius 1 is 0.769 bits per heavy atom. The second-order valence-corrected chi connectivity index (χ2v) is 6.39. The van der Waals surface area contributed by atoms with Gasteiger partial charge in [0.25, 0.3) is 0 Å². The van der Waals surface area contributed by atoms with Gasteiger partial charge in [0, 0.05) is 5.92 Å². The molecular formula is C22H23Cl3Ti. The number of aryl methyl sites for hydroxylation is 2. The van der Waals surface area contributed by atoms with E-state index in [1.807, 2.05) is 0 Å². The fourth-order valence-electron chi connectivity index (χ4n) is 3.35. The molecule has 0 bridgehead atoms. The fourth-order valence-corrected chi connectivity index (χ4v) is 3.35. The molecule has 1 aliphatic rings. The third kappa shape index (κ3) is 6.01. The van der Waals surface area contributed by atoms with E-state index in [2.05, 4.69) is 82.3 Å². The molecule has 1 aliphatic carbocycles. The van der Waals surface area contributed by atoms with Gasteiger partial charge in [-0.1, -0.05) is 66.6 Å². The molecule has 0 N–H and O–H groups in total. The SMILES string of the molecule is CC1=[C-]CC(C(c2cccc(C)c2)c2cccc(C)c2)=C1C.[Cl-].[Cl-].[Cl-].[Ti+4]. The second-order valence-electron chi connectivity index (χ2n) is 6.39. The Morgan fingerprint density at radius 3 is 1.58 bits per heavy atom. The molecule has 0 atom stereocenters. The van der Waals surface area contributed by atoms with Crippen LogP contribution in [0.4, 0.5) is 0 Å². The zero-order chi connectivity index (χ0) is 15.7. The maximum atomic E-state index is 3.51. The standard InChI is InChI=1S/C22H23.3ClH.Ti/c1-15-7-5-9-19(13-15)22(20-10-6-8-16(2)14-20)21-12-11-17(3)18(21)4;;;;/h5-10,13-14,22H,12H2,1-4H3;3*1H;/q-1;;;;+4/p-3. The van der Waals surface area contributed by atoms with Crippen molar-refractivity contribution < 1.29 is 58.9 Å². The van der Waals surface area contributed by atoms with Crippen LogP contribution in [0.5, 0.6) is 0 Å². The Kier molecular flexibility index (Phi) is 12.9. The van der Waals surface area contributed by atoms with Crippen LogP contribution in [0.15, 0.2) is 65.3 Å². The Labute approximate surface area is 191 Å². The minimum absolute atomic E-state index is 0. The Hall–Kier alpha value is -0.496. The van der Waals surface area contributed by atoms with E-state index in [0.29, 0.717) is 5.92 Å². The van der Waals surface area contributed by atoms with Gasteiger partial charge in [0.05, 0.1) is 0 Å². The molecule has 0 saturated carbocycles. The Balaban J connectivity index is 0. The number of rotatable bonds is 3. The average molecular weight is 442 g/mol. The summed E-state index contributed by atoms with van der Waals surface area (Å²) < 4.78 is 0. The van der Waals surface area contributed by atoms with Gasteiger partial charge in [0.2, 0.25) is 0 Å². The maximum Gasteiger partial charge on any atom is 4.00 e. The van der Waals surface area contributed by atoms with Gasteiger partial charge in [0.15, 0.2) is 0 Å². The van der Waals surface area contributed by atoms with Gasteiger partial charge in [-0.2, -0.15) is 11.1 Å². The van der Waals surface area contributed by atoms with E-state index in [-0.39, 0.29) is 58.9 Å². The molecule has 2 aromatic rings. The van der Waals surface area contributed by atoms with Crippen molar-refractivity contribution in [2.24, 2.45) is 0 Å². The monoisotopic (exact) mass is 440 g/mol. The summed E-state index contributed by atoms with van der Waals surface area (Å²) >= 11 is 0. The maximum absolute atomic E-state index is 3.51. The molecule has 0 spiro atoms. The topological polar surface area (TPSA) is 0 Å². The van der Waals surface area contributed by atoms with E-state index in [1.165, 1.54) is 39.0 Å². The molecule has 26 heavy (non-hydrogen) atoms. The first-order chi connectivity index (χ1) is 10.6. The van der Waals surface area contributed by atoms with Crippen molar-refractivity contribution in [1.29, 1.82) is 0 Å². The van der Waals surface area contributed by atoms with Gasteiger partial charge in [-0.05, 0) is 25.0 Å². The fraction of sp³-hybridized carbons (Fsp3) is 0.273. The minimum atomic E-state index is 0. The number of hydrogen-bond acceptors (Lipinski definition) is 0. The van der Waals surface area contributed by atoms with Gasteiger partial charge < -0.3 is 37.2 Å². The molecule has 0 saturated heterocycles. The van der Waals surface area contributed by atoms with E-state index < -0.39 is 0 Å². The number of allylic oxidation sites excluding steroid dienone is 4. The molecule has 136 valence electrons. The third-order valence-corrected chi connectivity index (χ3v) is 4.69.